The third kappa shape index (κ3) is 52.9. The molecule has 8 amide bonds. The SMILES string of the molecule is CC(=O)N[C@H]1[C@H](O[C@H]2[C@H](O[C@H](C)C(=O)N[C@@H](C)C(=O)N[C@H](CCC(=O)N[C@@H](CCCCNC(=O)[C@H](C)N)C(=O)N[C@H](C)C(=O)N[C@H](C)C(=O)O)C(=O)O)[C@@H](NC(C)=O)[C@@H](OP(=O)(O)OP(=O)(O)OC/C=C(/C)CC/C=C(/C)CC/C=C(/C)CC/C=C(/C)CC/C=C(/C)CC/C=C(/C)CC/C=C(/C)CC/C=C(/C)CC/C=C(\C)CC/C=C(\C)CCC=C(C)C)O[C@@H]2CO)O[C@H](CO)[C@@H](O)[C@@H]1O. The van der Waals surface area contributed by atoms with Crippen LogP contribution < -0.4 is 48.3 Å². The molecule has 38 heteroatoms. The Labute approximate surface area is 799 Å². The standard InChI is InChI=1S/C97H161N9O27P2/c1-60(2)32-22-33-61(3)34-23-35-62(4)36-24-37-63(5)38-25-39-64(6)40-26-41-65(7)42-27-43-66(8)44-28-45-67(9)46-29-47-68(10)48-30-49-69(11)50-31-51-70(12)55-57-127-134(123,124)133-135(125,126)132-97-84(104-77(19)110)88(87(81(59-108)130-97)131-96-83(103-76(18)109)86(113)85(112)80(58-107)129-96)128-75(17)92(117)100-73(15)91(116)106-79(95(121)122)53-54-82(111)105-78(52-20-21-56-99-89(114)71(13)98)93(118)101-72(14)90(115)102-74(16)94(119)120/h32,34,36,38,40,42,44,46,48,50,55,71-75,78-81,83-88,96-97,107-108,112-113H,20-31,33,35,37,39,41,43,45,47,49,51-54,56-59,98H2,1-19H3,(H,99,114)(H,100,117)(H,101,118)(H,102,115)(H,103,109)(H,104,110)(H,105,111)(H,106,116)(H,119,120)(H,121,122)(H,123,124)(H,125,126)/b61-34+,62-36+,63-38-,64-40-,65-42-,66-44-,67-46-,68-48-,69-50-,70-55-/t71-,72+,73-,74+,75+,78-,79+,80+,81+,83+,84+,85+,86+,87+,88+,96-,97+/m0/s1. The fraction of sp³-hybridized carbons (Fsp3) is 0.670. The lowest BCUT2D eigenvalue weighted by Crippen LogP contribution is -2.70. The zero-order valence-corrected chi connectivity index (χ0v) is 84.8. The van der Waals surface area contributed by atoms with E-state index in [2.05, 4.69) is 177 Å². The Morgan fingerprint density at radius 1 is 0.407 bits per heavy atom. The monoisotopic (exact) mass is 1950 g/mol. The Hall–Kier alpha value is -8.26. The summed E-state index contributed by atoms with van der Waals surface area (Å²) in [5.41, 5.74) is 20.3. The molecule has 2 rings (SSSR count). The molecule has 2 aliphatic heterocycles. The van der Waals surface area contributed by atoms with Crippen LogP contribution in [0.1, 0.15) is 292 Å². The Bertz CT molecular complexity index is 4260. The number of unbranched alkanes of at least 4 members (excludes halogenated alkanes) is 1. The molecule has 0 aromatic rings. The number of amides is 8. The summed E-state index contributed by atoms with van der Waals surface area (Å²) in [4.78, 5) is 151. The van der Waals surface area contributed by atoms with Crippen molar-refractivity contribution in [3.8, 4) is 0 Å². The molecule has 2 unspecified atom stereocenters. The van der Waals surface area contributed by atoms with E-state index in [1.807, 2.05) is 6.92 Å². The van der Waals surface area contributed by atoms with E-state index in [9.17, 15) is 97.5 Å². The molecule has 0 aliphatic carbocycles. The van der Waals surface area contributed by atoms with Crippen LogP contribution in [0.3, 0.4) is 0 Å². The quantitative estimate of drug-likeness (QED) is 0.0153. The first-order valence-electron chi connectivity index (χ1n) is 47.0. The number of hydrogen-bond donors (Lipinski definition) is 17. The van der Waals surface area contributed by atoms with Crippen molar-refractivity contribution < 1.29 is 130 Å². The second kappa shape index (κ2) is 65.6. The van der Waals surface area contributed by atoms with E-state index >= 15 is 0 Å². The molecule has 766 valence electrons. The Balaban J connectivity index is 2.11. The lowest BCUT2D eigenvalue weighted by molar-refractivity contribution is -0.331. The van der Waals surface area contributed by atoms with Crippen molar-refractivity contribution in [1.82, 2.24) is 42.5 Å². The van der Waals surface area contributed by atoms with E-state index in [0.29, 0.717) is 18.4 Å². The molecule has 0 aromatic heterocycles. The molecule has 2 aliphatic rings. The number of carbonyl (C=O) groups excluding carboxylic acids is 8. The highest BCUT2D eigenvalue weighted by Crippen LogP contribution is 2.61. The van der Waals surface area contributed by atoms with Gasteiger partial charge < -0.3 is 108 Å². The predicted octanol–water partition coefficient (Wildman–Crippen LogP) is 11.9. The minimum Gasteiger partial charge on any atom is -0.480 e. The number of aliphatic carboxylic acids is 2. The molecular weight excluding hydrogens is 1790 g/mol. The molecule has 36 nitrogen and oxygen atoms in total. The topological polar surface area (TPSA) is 554 Å². The predicted molar refractivity (Wildman–Crippen MR) is 517 cm³/mol. The molecule has 2 heterocycles. The first kappa shape index (κ1) is 123. The zero-order valence-electron chi connectivity index (χ0n) is 83.0. The van der Waals surface area contributed by atoms with E-state index in [1.54, 1.807) is 6.92 Å². The van der Waals surface area contributed by atoms with Crippen LogP contribution in [0.15, 0.2) is 128 Å². The summed E-state index contributed by atoms with van der Waals surface area (Å²) in [7, 11) is -11.5. The van der Waals surface area contributed by atoms with Gasteiger partial charge in [0.2, 0.25) is 47.3 Å². The van der Waals surface area contributed by atoms with Gasteiger partial charge in [-0.1, -0.05) is 128 Å². The number of aliphatic hydroxyl groups is 4. The van der Waals surface area contributed by atoms with Crippen LogP contribution in [-0.2, 0) is 89.4 Å². The second-order valence-electron chi connectivity index (χ2n) is 36.0. The molecule has 19 atom stereocenters. The number of aliphatic hydroxyl groups excluding tert-OH is 4. The van der Waals surface area contributed by atoms with Crippen molar-refractivity contribution in [2.45, 2.75) is 396 Å². The van der Waals surface area contributed by atoms with Gasteiger partial charge in [-0.25, -0.2) is 13.9 Å². The number of carbonyl (C=O) groups is 10. The van der Waals surface area contributed by atoms with Crippen molar-refractivity contribution in [3.63, 3.8) is 0 Å². The fourth-order valence-electron chi connectivity index (χ4n) is 14.4. The maximum Gasteiger partial charge on any atom is 0.483 e. The van der Waals surface area contributed by atoms with Crippen LogP contribution in [0.4, 0.5) is 0 Å². The van der Waals surface area contributed by atoms with E-state index in [1.165, 1.54) is 77.0 Å². The summed E-state index contributed by atoms with van der Waals surface area (Å²) in [6.07, 6.45) is 26.4. The van der Waals surface area contributed by atoms with E-state index in [0.717, 1.165) is 149 Å². The zero-order chi connectivity index (χ0) is 102. The molecule has 0 spiro atoms. The van der Waals surface area contributed by atoms with Crippen LogP contribution >= 0.6 is 15.6 Å². The number of allylic oxidation sites excluding steroid dienone is 21. The van der Waals surface area contributed by atoms with Crippen LogP contribution in [0.5, 0.6) is 0 Å². The fourth-order valence-corrected chi connectivity index (χ4v) is 16.5. The average Bonchev–Trinajstić information content (AvgIpc) is 0.764. The smallest absolute Gasteiger partial charge is 0.480 e. The summed E-state index contributed by atoms with van der Waals surface area (Å²) in [6.45, 7) is 31.4. The average molecular weight is 1950 g/mol. The molecule has 0 radical (unpaired) electrons. The maximum atomic E-state index is 14.2. The summed E-state index contributed by atoms with van der Waals surface area (Å²) in [5.74, 6) is -10.3. The van der Waals surface area contributed by atoms with Crippen LogP contribution in [-0.4, -0.2) is 230 Å². The van der Waals surface area contributed by atoms with Crippen molar-refractivity contribution in [1.29, 1.82) is 0 Å². The molecule has 18 N–H and O–H groups in total. The minimum absolute atomic E-state index is 0.0829. The second-order valence-corrected chi connectivity index (χ2v) is 39.0. The maximum absolute atomic E-state index is 14.2. The number of carboxylic acids is 2. The van der Waals surface area contributed by atoms with Crippen molar-refractivity contribution in [2.24, 2.45) is 5.73 Å². The van der Waals surface area contributed by atoms with E-state index in [4.69, 9.17) is 33.7 Å². The number of carboxylic acid groups (broad SMARTS) is 2. The molecular formula is C97H161N9O27P2. The lowest BCUT2D eigenvalue weighted by atomic mass is 9.94. The normalized spacial score (nSPS) is 22.2. The summed E-state index contributed by atoms with van der Waals surface area (Å²) >= 11 is 0. The number of phosphoric acid groups is 2. The number of hydrogen-bond acceptors (Lipinski definition) is 24. The highest BCUT2D eigenvalue weighted by Gasteiger charge is 2.55. The molecule has 0 saturated carbocycles. The summed E-state index contributed by atoms with van der Waals surface area (Å²) < 4.78 is 66.4. The number of ether oxygens (including phenoxy) is 4. The van der Waals surface area contributed by atoms with Crippen LogP contribution in [0.2, 0.25) is 0 Å². The van der Waals surface area contributed by atoms with Crippen LogP contribution in [0, 0.1) is 0 Å². The van der Waals surface area contributed by atoms with Gasteiger partial charge in [-0.15, -0.1) is 0 Å². The van der Waals surface area contributed by atoms with Crippen molar-refractivity contribution in [3.05, 3.63) is 128 Å². The molecule has 0 aromatic carbocycles. The van der Waals surface area contributed by atoms with Gasteiger partial charge >= 0.3 is 27.6 Å². The summed E-state index contributed by atoms with van der Waals surface area (Å²) in [6, 6.07) is -12.1. The summed E-state index contributed by atoms with van der Waals surface area (Å²) in [5, 5.41) is 81.5. The van der Waals surface area contributed by atoms with Gasteiger partial charge in [-0.05, 0) is 272 Å². The lowest BCUT2D eigenvalue weighted by Gasteiger charge is -2.49. The van der Waals surface area contributed by atoms with Gasteiger partial charge in [0, 0.05) is 26.8 Å². The van der Waals surface area contributed by atoms with Crippen LogP contribution in [0.25, 0.3) is 0 Å². The third-order valence-electron chi connectivity index (χ3n) is 22.7. The third-order valence-corrected chi connectivity index (χ3v) is 25.3. The first-order valence-corrected chi connectivity index (χ1v) is 50.0. The minimum atomic E-state index is -5.96. The number of nitrogens with two attached hydrogens (primary N) is 1. The van der Waals surface area contributed by atoms with Gasteiger partial charge in [0.15, 0.2) is 12.6 Å². The van der Waals surface area contributed by atoms with Gasteiger partial charge in [-0.3, -0.25) is 52.2 Å². The Kier molecular flexibility index (Phi) is 59.6. The Morgan fingerprint density at radius 2 is 0.793 bits per heavy atom. The van der Waals surface area contributed by atoms with Gasteiger partial charge in [-0.2, -0.15) is 4.31 Å². The highest BCUT2D eigenvalue weighted by atomic mass is 31.3. The molecule has 2 saturated heterocycles. The van der Waals surface area contributed by atoms with Crippen molar-refractivity contribution in [2.75, 3.05) is 26.4 Å². The number of rotatable bonds is 65. The van der Waals surface area contributed by atoms with E-state index < -0.39 is 211 Å². The number of phosphoric ester groups is 2. The van der Waals surface area contributed by atoms with Gasteiger partial charge in [0.05, 0.1) is 25.9 Å². The molecule has 2 fully saturated rings. The van der Waals surface area contributed by atoms with E-state index in [-0.39, 0.29) is 25.8 Å². The first-order chi connectivity index (χ1) is 63.4. The Morgan fingerprint density at radius 3 is 1.19 bits per heavy atom. The highest BCUT2D eigenvalue weighted by molar-refractivity contribution is 7.61. The number of nitrogens with one attached hydrogen (secondary N) is 8. The molecule has 0 bridgehead atoms. The van der Waals surface area contributed by atoms with Gasteiger partial charge in [0.25, 0.3) is 0 Å². The van der Waals surface area contributed by atoms with Crippen molar-refractivity contribution >= 4 is 74.8 Å². The van der Waals surface area contributed by atoms with Gasteiger partial charge in [0.1, 0.15) is 85.0 Å². The molecule has 135 heavy (non-hydrogen) atoms. The largest absolute Gasteiger partial charge is 0.483 e.